The maximum Gasteiger partial charge on any atom is 0.259 e. The van der Waals surface area contributed by atoms with Gasteiger partial charge in [-0.1, -0.05) is 10.4 Å². The number of hydrogen-bond donors (Lipinski definition) is 1. The van der Waals surface area contributed by atoms with E-state index in [4.69, 9.17) is 14.0 Å². The van der Waals surface area contributed by atoms with Gasteiger partial charge in [-0.2, -0.15) is 0 Å². The first-order valence-corrected chi connectivity index (χ1v) is 11.1. The maximum absolute atomic E-state index is 13.0. The van der Waals surface area contributed by atoms with Gasteiger partial charge >= 0.3 is 0 Å². The Hall–Kier alpha value is -2.79. The molecule has 0 saturated carbocycles. The molecule has 1 atom stereocenters. The summed E-state index contributed by atoms with van der Waals surface area (Å²) in [6.45, 7) is 7.06. The Balaban J connectivity index is 1.22. The minimum absolute atomic E-state index is 0.00520. The van der Waals surface area contributed by atoms with Crippen molar-refractivity contribution in [3.8, 4) is 0 Å². The van der Waals surface area contributed by atoms with Gasteiger partial charge in [0.2, 0.25) is 5.91 Å². The second-order valence-corrected chi connectivity index (χ2v) is 8.89. The first kappa shape index (κ1) is 21.1. The largest absolute Gasteiger partial charge is 0.381 e. The highest BCUT2D eigenvalue weighted by atomic mass is 16.5. The second kappa shape index (κ2) is 8.28. The third kappa shape index (κ3) is 3.79. The van der Waals surface area contributed by atoms with Gasteiger partial charge in [-0.15, -0.1) is 5.10 Å². The highest BCUT2D eigenvalue weighted by Crippen LogP contribution is 2.34. The smallest absolute Gasteiger partial charge is 0.259 e. The Bertz CT molecular complexity index is 1010. The predicted octanol–water partition coefficient (Wildman–Crippen LogP) is 0.741. The molecule has 2 amide bonds. The quantitative estimate of drug-likeness (QED) is 0.732. The van der Waals surface area contributed by atoms with Crippen molar-refractivity contribution in [2.45, 2.75) is 58.4 Å². The van der Waals surface area contributed by atoms with Gasteiger partial charge in [0.1, 0.15) is 22.6 Å². The minimum Gasteiger partial charge on any atom is -0.381 e. The molecule has 1 N–H and O–H groups in total. The highest BCUT2D eigenvalue weighted by molar-refractivity contribution is 5.96. The molecule has 2 aromatic heterocycles. The number of aryl methyl sites for hydroxylation is 2. The van der Waals surface area contributed by atoms with Crippen LogP contribution in [0, 0.1) is 19.8 Å². The number of carbonyl (C=O) groups is 2. The van der Waals surface area contributed by atoms with E-state index in [9.17, 15) is 9.59 Å². The van der Waals surface area contributed by atoms with E-state index in [2.05, 4.69) is 20.8 Å². The number of fused-ring (bicyclic) bond motifs is 1. The molecule has 11 heteroatoms. The number of carbonyl (C=O) groups excluding carboxylic acids is 2. The van der Waals surface area contributed by atoms with Gasteiger partial charge in [0.05, 0.1) is 37.6 Å². The molecule has 0 radical (unpaired) electrons. The Morgan fingerprint density at radius 3 is 2.78 bits per heavy atom. The molecule has 3 aliphatic heterocycles. The molecule has 0 aromatic carbocycles. The van der Waals surface area contributed by atoms with Crippen molar-refractivity contribution < 1.29 is 23.6 Å². The molecular formula is C21H28N6O5. The summed E-state index contributed by atoms with van der Waals surface area (Å²) in [5.41, 5.74) is 2.24. The van der Waals surface area contributed by atoms with E-state index in [1.165, 1.54) is 0 Å². The van der Waals surface area contributed by atoms with Gasteiger partial charge in [0.15, 0.2) is 0 Å². The standard InChI is InChI=1S/C21H28N6O5/c1-13-18(14(2)32-24-13)20(29)26-6-5-21(11-26)12-27-17(10-31-21)16(23-25-27)9-22-19(28)15-3-7-30-8-4-15/h15H,3-12H2,1-2H3,(H,22,28). The zero-order chi connectivity index (χ0) is 22.3. The van der Waals surface area contributed by atoms with Crippen LogP contribution in [0.5, 0.6) is 0 Å². The van der Waals surface area contributed by atoms with Gasteiger partial charge in [0, 0.05) is 25.7 Å². The van der Waals surface area contributed by atoms with Gasteiger partial charge in [0.25, 0.3) is 5.91 Å². The average molecular weight is 444 g/mol. The van der Waals surface area contributed by atoms with Crippen LogP contribution in [0.4, 0.5) is 0 Å². The Labute approximate surface area is 185 Å². The van der Waals surface area contributed by atoms with Crippen LogP contribution in [0.25, 0.3) is 0 Å². The number of ether oxygens (including phenoxy) is 2. The fourth-order valence-electron chi connectivity index (χ4n) is 4.82. The minimum atomic E-state index is -0.488. The van der Waals surface area contributed by atoms with Crippen LogP contribution in [0.3, 0.4) is 0 Å². The normalized spacial score (nSPS) is 23.5. The molecule has 0 aliphatic carbocycles. The molecule has 3 aliphatic rings. The number of likely N-dealkylation sites (tertiary alicyclic amines) is 1. The first-order chi connectivity index (χ1) is 15.5. The number of amides is 2. The van der Waals surface area contributed by atoms with Crippen molar-refractivity contribution >= 4 is 11.8 Å². The van der Waals surface area contributed by atoms with E-state index in [0.29, 0.717) is 63.0 Å². The maximum atomic E-state index is 13.0. The summed E-state index contributed by atoms with van der Waals surface area (Å²) in [6, 6.07) is 0. The number of aromatic nitrogens is 4. The zero-order valence-electron chi connectivity index (χ0n) is 18.4. The van der Waals surface area contributed by atoms with Crippen LogP contribution >= 0.6 is 0 Å². The Kier molecular flexibility index (Phi) is 5.46. The van der Waals surface area contributed by atoms with Gasteiger partial charge in [-0.05, 0) is 33.1 Å². The van der Waals surface area contributed by atoms with Crippen LogP contribution in [-0.2, 0) is 34.0 Å². The summed E-state index contributed by atoms with van der Waals surface area (Å²) in [5, 5.41) is 15.5. The summed E-state index contributed by atoms with van der Waals surface area (Å²) in [4.78, 5) is 27.2. The predicted molar refractivity (Wildman–Crippen MR) is 109 cm³/mol. The molecule has 2 saturated heterocycles. The molecular weight excluding hydrogens is 416 g/mol. The van der Waals surface area contributed by atoms with Crippen molar-refractivity contribution in [2.24, 2.45) is 5.92 Å². The van der Waals surface area contributed by atoms with Gasteiger partial charge in [-0.25, -0.2) is 4.68 Å². The lowest BCUT2D eigenvalue weighted by atomic mass is 9.99. The van der Waals surface area contributed by atoms with E-state index in [0.717, 1.165) is 30.7 Å². The Morgan fingerprint density at radius 1 is 1.22 bits per heavy atom. The fraction of sp³-hybridized carbons (Fsp3) is 0.667. The lowest BCUT2D eigenvalue weighted by Crippen LogP contribution is -2.45. The summed E-state index contributed by atoms with van der Waals surface area (Å²) in [6.07, 6.45) is 2.22. The fourth-order valence-corrected chi connectivity index (χ4v) is 4.82. The van der Waals surface area contributed by atoms with E-state index < -0.39 is 5.60 Å². The molecule has 5 heterocycles. The number of nitrogens with zero attached hydrogens (tertiary/aromatic N) is 5. The molecule has 172 valence electrons. The van der Waals surface area contributed by atoms with Crippen molar-refractivity contribution in [1.82, 2.24) is 30.4 Å². The molecule has 5 rings (SSSR count). The number of rotatable bonds is 4. The summed E-state index contributed by atoms with van der Waals surface area (Å²) < 4.78 is 18.6. The highest BCUT2D eigenvalue weighted by Gasteiger charge is 2.45. The van der Waals surface area contributed by atoms with Crippen molar-refractivity contribution in [1.29, 1.82) is 0 Å². The van der Waals surface area contributed by atoms with E-state index >= 15 is 0 Å². The summed E-state index contributed by atoms with van der Waals surface area (Å²) in [5.74, 6) is 0.480. The topological polar surface area (TPSA) is 125 Å². The van der Waals surface area contributed by atoms with Crippen molar-refractivity contribution in [2.75, 3.05) is 26.3 Å². The SMILES string of the molecule is Cc1noc(C)c1C(=O)N1CCC2(C1)Cn1nnc(CNC(=O)C3CCOCC3)c1CO2. The van der Waals surface area contributed by atoms with Crippen LogP contribution in [0.15, 0.2) is 4.52 Å². The molecule has 1 unspecified atom stereocenters. The second-order valence-electron chi connectivity index (χ2n) is 8.89. The molecule has 32 heavy (non-hydrogen) atoms. The van der Waals surface area contributed by atoms with Crippen LogP contribution < -0.4 is 5.32 Å². The van der Waals surface area contributed by atoms with Gasteiger partial charge in [-0.3, -0.25) is 9.59 Å². The molecule has 11 nitrogen and oxygen atoms in total. The molecule has 0 bridgehead atoms. The molecule has 2 aromatic rings. The van der Waals surface area contributed by atoms with Crippen LogP contribution in [0.2, 0.25) is 0 Å². The van der Waals surface area contributed by atoms with Gasteiger partial charge < -0.3 is 24.2 Å². The third-order valence-corrected chi connectivity index (χ3v) is 6.74. The number of hydrogen-bond acceptors (Lipinski definition) is 8. The Morgan fingerprint density at radius 2 is 2.03 bits per heavy atom. The van der Waals surface area contributed by atoms with Crippen LogP contribution in [-0.4, -0.2) is 68.8 Å². The third-order valence-electron chi connectivity index (χ3n) is 6.74. The number of nitrogens with one attached hydrogen (secondary N) is 1. The average Bonchev–Trinajstić information content (AvgIpc) is 3.50. The lowest BCUT2D eigenvalue weighted by Gasteiger charge is -2.34. The van der Waals surface area contributed by atoms with Crippen molar-refractivity contribution in [3.05, 3.63) is 28.4 Å². The van der Waals surface area contributed by atoms with Crippen molar-refractivity contribution in [3.63, 3.8) is 0 Å². The zero-order valence-corrected chi connectivity index (χ0v) is 18.4. The monoisotopic (exact) mass is 444 g/mol. The van der Waals surface area contributed by atoms with E-state index in [1.54, 1.807) is 18.7 Å². The van der Waals surface area contributed by atoms with Crippen LogP contribution in [0.1, 0.15) is 52.5 Å². The summed E-state index contributed by atoms with van der Waals surface area (Å²) in [7, 11) is 0. The summed E-state index contributed by atoms with van der Waals surface area (Å²) >= 11 is 0. The van der Waals surface area contributed by atoms with E-state index in [-0.39, 0.29) is 17.7 Å². The molecule has 2 fully saturated rings. The molecule has 1 spiro atoms. The first-order valence-electron chi connectivity index (χ1n) is 11.1. The van der Waals surface area contributed by atoms with E-state index in [1.807, 2.05) is 4.68 Å². The lowest BCUT2D eigenvalue weighted by molar-refractivity contribution is -0.128.